The van der Waals surface area contributed by atoms with Gasteiger partial charge in [0.05, 0.1) is 6.61 Å². The maximum Gasteiger partial charge on any atom is 0.186 e. The van der Waals surface area contributed by atoms with E-state index >= 15 is 0 Å². The van der Waals surface area contributed by atoms with Crippen molar-refractivity contribution in [3.05, 3.63) is 58.1 Å². The van der Waals surface area contributed by atoms with Crippen molar-refractivity contribution in [1.82, 2.24) is 0 Å². The third kappa shape index (κ3) is 6.00. The van der Waals surface area contributed by atoms with Crippen LogP contribution in [0.4, 0.5) is 0 Å². The zero-order valence-electron chi connectivity index (χ0n) is 16.5. The molecule has 1 unspecified atom stereocenters. The Morgan fingerprint density at radius 2 is 1.60 bits per heavy atom. The summed E-state index contributed by atoms with van der Waals surface area (Å²) in [5, 5.41) is 1.09. The van der Waals surface area contributed by atoms with E-state index in [1.807, 2.05) is 39.0 Å². The molecular weight excluding hydrogens is 322 g/mol. The molecule has 0 spiro atoms. The van der Waals surface area contributed by atoms with Crippen LogP contribution in [0.5, 0.6) is 5.75 Å². The summed E-state index contributed by atoms with van der Waals surface area (Å²) in [6.07, 6.45) is 0. The summed E-state index contributed by atoms with van der Waals surface area (Å²) in [7, 11) is 0.143. The van der Waals surface area contributed by atoms with Crippen molar-refractivity contribution >= 4 is 38.3 Å². The second-order valence-corrected chi connectivity index (χ2v) is 8.15. The number of ether oxygens (including phenoxy) is 1. The van der Waals surface area contributed by atoms with E-state index < -0.39 is 0 Å². The molecule has 2 rings (SSSR count). The predicted molar refractivity (Wildman–Crippen MR) is 110 cm³/mol. The van der Waals surface area contributed by atoms with Crippen LogP contribution < -0.4 is 10.0 Å². The first kappa shape index (κ1) is 22.0. The van der Waals surface area contributed by atoms with Gasteiger partial charge in [-0.25, -0.2) is 0 Å². The van der Waals surface area contributed by atoms with Crippen molar-refractivity contribution in [3.8, 4) is 5.75 Å². The van der Waals surface area contributed by atoms with Gasteiger partial charge in [-0.1, -0.05) is 37.6 Å². The number of carbonyl (C=O) groups is 1. The van der Waals surface area contributed by atoms with E-state index in [4.69, 9.17) is 4.74 Å². The minimum absolute atomic E-state index is 0. The predicted octanol–water partition coefficient (Wildman–Crippen LogP) is 4.72. The molecule has 0 saturated heterocycles. The Kier molecular flexibility index (Phi) is 8.43. The molecule has 0 aromatic heterocycles. The Bertz CT molecular complexity index is 731. The van der Waals surface area contributed by atoms with Gasteiger partial charge in [-0.2, -0.15) is 0 Å². The molecule has 1 atom stereocenters. The van der Waals surface area contributed by atoms with Gasteiger partial charge < -0.3 is 4.74 Å². The zero-order chi connectivity index (χ0) is 17.9. The summed E-state index contributed by atoms with van der Waals surface area (Å²) < 4.78 is 5.76. The summed E-state index contributed by atoms with van der Waals surface area (Å²) in [6.45, 7) is 13.1. The molecule has 0 aliphatic rings. The van der Waals surface area contributed by atoms with E-state index in [0.29, 0.717) is 12.5 Å². The average molecular weight is 349 g/mol. The maximum atomic E-state index is 12.8. The average Bonchev–Trinajstić information content (AvgIpc) is 2.46. The quantitative estimate of drug-likeness (QED) is 0.557. The van der Waals surface area contributed by atoms with Crippen molar-refractivity contribution in [3.63, 3.8) is 0 Å². The maximum absolute atomic E-state index is 12.8. The largest absolute Gasteiger partial charge is 0.493 e. The number of hydrogen-bond acceptors (Lipinski definition) is 2. The van der Waals surface area contributed by atoms with Crippen molar-refractivity contribution < 1.29 is 9.53 Å². The molecule has 0 N–H and O–H groups in total. The van der Waals surface area contributed by atoms with Crippen molar-refractivity contribution in [2.75, 3.05) is 6.61 Å². The molecule has 0 fully saturated rings. The first-order valence-corrected chi connectivity index (χ1v) is 9.40. The molecule has 129 valence electrons. The Labute approximate surface area is 165 Å². The molecule has 2 aromatic carbocycles. The second kappa shape index (κ2) is 9.58. The molecule has 0 bridgehead atoms. The first-order valence-electron chi connectivity index (χ1n) is 8.40. The van der Waals surface area contributed by atoms with Gasteiger partial charge in [0.2, 0.25) is 0 Å². The number of hydrogen-bond donors (Lipinski definition) is 0. The number of benzene rings is 2. The van der Waals surface area contributed by atoms with E-state index in [1.165, 1.54) is 5.56 Å². The summed E-state index contributed by atoms with van der Waals surface area (Å²) in [5.74, 6) is 1.38. The fourth-order valence-corrected chi connectivity index (χ4v) is 4.05. The minimum atomic E-state index is 0. The summed E-state index contributed by atoms with van der Waals surface area (Å²) in [4.78, 5) is 12.8. The molecular formula is C21H27LiO2P. The third-order valence-corrected chi connectivity index (χ3v) is 5.24. The molecule has 0 aliphatic carbocycles. The fourth-order valence-electron chi connectivity index (χ4n) is 2.85. The minimum Gasteiger partial charge on any atom is -0.493 e. The monoisotopic (exact) mass is 349 g/mol. The van der Waals surface area contributed by atoms with Gasteiger partial charge in [0.15, 0.2) is 5.52 Å². The topological polar surface area (TPSA) is 26.3 Å². The van der Waals surface area contributed by atoms with E-state index in [0.717, 1.165) is 33.3 Å². The Hall–Kier alpha value is -1.06. The van der Waals surface area contributed by atoms with Crippen LogP contribution in [0.2, 0.25) is 0 Å². The summed E-state index contributed by atoms with van der Waals surface area (Å²) in [5.41, 5.74) is 5.54. The van der Waals surface area contributed by atoms with Crippen LogP contribution in [-0.4, -0.2) is 31.0 Å². The van der Waals surface area contributed by atoms with Gasteiger partial charge in [-0.3, -0.25) is 4.79 Å². The van der Waals surface area contributed by atoms with Crippen LogP contribution >= 0.6 is 8.58 Å². The van der Waals surface area contributed by atoms with E-state index in [9.17, 15) is 4.79 Å². The van der Waals surface area contributed by atoms with Crippen molar-refractivity contribution in [2.24, 2.45) is 5.92 Å². The second-order valence-electron chi connectivity index (χ2n) is 6.91. The van der Waals surface area contributed by atoms with Crippen molar-refractivity contribution in [1.29, 1.82) is 0 Å². The Balaban J connectivity index is 0.00000312. The Morgan fingerprint density at radius 1 is 1.00 bits per heavy atom. The molecule has 1 radical (unpaired) electrons. The molecule has 0 saturated carbocycles. The SMILES string of the molecule is Cc1cc(C)c(C(=O)Pc2ccc(OCC(C)C)cc2C)c(C)c1.[Li]. The molecule has 4 heteroatoms. The fraction of sp³-hybridized carbons (Fsp3) is 0.381. The molecule has 2 aromatic rings. The number of aryl methyl sites for hydroxylation is 4. The smallest absolute Gasteiger partial charge is 0.186 e. The van der Waals surface area contributed by atoms with Gasteiger partial charge in [0.25, 0.3) is 0 Å². The van der Waals surface area contributed by atoms with Gasteiger partial charge in [0, 0.05) is 24.4 Å². The number of carbonyl (C=O) groups excluding carboxylic acids is 1. The first-order chi connectivity index (χ1) is 11.3. The van der Waals surface area contributed by atoms with Crippen LogP contribution in [0.3, 0.4) is 0 Å². The third-order valence-electron chi connectivity index (χ3n) is 3.93. The van der Waals surface area contributed by atoms with Crippen molar-refractivity contribution in [2.45, 2.75) is 41.5 Å². The van der Waals surface area contributed by atoms with Crippen LogP contribution in [0.1, 0.15) is 46.5 Å². The number of rotatable bonds is 6. The van der Waals surface area contributed by atoms with Gasteiger partial charge >= 0.3 is 0 Å². The Morgan fingerprint density at radius 3 is 2.12 bits per heavy atom. The van der Waals surface area contributed by atoms with Gasteiger partial charge in [0.1, 0.15) is 5.75 Å². The van der Waals surface area contributed by atoms with E-state index in [-0.39, 0.29) is 33.0 Å². The molecule has 2 nitrogen and oxygen atoms in total. The van der Waals surface area contributed by atoms with Crippen LogP contribution in [0, 0.1) is 33.6 Å². The summed E-state index contributed by atoms with van der Waals surface area (Å²) in [6, 6.07) is 10.2. The zero-order valence-corrected chi connectivity index (χ0v) is 17.5. The van der Waals surface area contributed by atoms with Crippen LogP contribution in [-0.2, 0) is 0 Å². The molecule has 0 heterocycles. The molecule has 0 aliphatic heterocycles. The standard InChI is InChI=1S/C21H27O2P.Li/c1-13(2)12-23-18-7-8-19(15(4)11-18)24-21(22)20-16(5)9-14(3)10-17(20)6;/h7-11,13,24H,12H2,1-6H3;. The van der Waals surface area contributed by atoms with Gasteiger partial charge in [-0.15, -0.1) is 0 Å². The van der Waals surface area contributed by atoms with Gasteiger partial charge in [-0.05, 0) is 76.3 Å². The normalized spacial score (nSPS) is 11.0. The van der Waals surface area contributed by atoms with E-state index in [2.05, 4.69) is 32.9 Å². The van der Waals surface area contributed by atoms with Crippen LogP contribution in [0.25, 0.3) is 0 Å². The molecule has 0 amide bonds. The molecule has 25 heavy (non-hydrogen) atoms. The van der Waals surface area contributed by atoms with Crippen LogP contribution in [0.15, 0.2) is 30.3 Å². The summed E-state index contributed by atoms with van der Waals surface area (Å²) >= 11 is 0. The van der Waals surface area contributed by atoms with E-state index in [1.54, 1.807) is 0 Å².